The fourth-order valence-electron chi connectivity index (χ4n) is 1.32. The molecule has 0 saturated heterocycles. The van der Waals surface area contributed by atoms with Gasteiger partial charge in [-0.05, 0) is 32.1 Å². The topological polar surface area (TPSA) is 36.4 Å². The van der Waals surface area contributed by atoms with Crippen molar-refractivity contribution in [3.05, 3.63) is 0 Å². The lowest BCUT2D eigenvalue weighted by molar-refractivity contribution is 0.346. The highest BCUT2D eigenvalue weighted by Gasteiger charge is 2.12. The summed E-state index contributed by atoms with van der Waals surface area (Å²) in [6.45, 7) is 12.0. The largest absolute Gasteiger partial charge is 0.357 e. The Labute approximate surface area is 118 Å². The van der Waals surface area contributed by atoms with Gasteiger partial charge in [0, 0.05) is 19.6 Å². The molecule has 0 aliphatic rings. The second kappa shape index (κ2) is 9.07. The summed E-state index contributed by atoms with van der Waals surface area (Å²) < 4.78 is 0. The highest BCUT2D eigenvalue weighted by molar-refractivity contribution is 14.0. The number of hydrogen-bond acceptors (Lipinski definition) is 1. The number of nitrogens with one attached hydrogen (secondary N) is 2. The van der Waals surface area contributed by atoms with Crippen LogP contribution in [0.4, 0.5) is 0 Å². The summed E-state index contributed by atoms with van der Waals surface area (Å²) in [6, 6.07) is 0.474. The minimum atomic E-state index is 0. The molecule has 0 aromatic heterocycles. The monoisotopic (exact) mass is 341 g/mol. The number of guanidine groups is 1. The van der Waals surface area contributed by atoms with Crippen LogP contribution >= 0.6 is 24.0 Å². The Morgan fingerprint density at radius 3 is 2.25 bits per heavy atom. The van der Waals surface area contributed by atoms with Crippen LogP contribution < -0.4 is 10.6 Å². The van der Waals surface area contributed by atoms with Crippen LogP contribution in [0.2, 0.25) is 0 Å². The average Bonchev–Trinajstić information content (AvgIpc) is 2.13. The van der Waals surface area contributed by atoms with Gasteiger partial charge in [-0.15, -0.1) is 24.0 Å². The quantitative estimate of drug-likeness (QED) is 0.469. The van der Waals surface area contributed by atoms with E-state index in [0.717, 1.165) is 12.5 Å². The molecule has 16 heavy (non-hydrogen) atoms. The van der Waals surface area contributed by atoms with Crippen molar-refractivity contribution in [2.75, 3.05) is 13.6 Å². The van der Waals surface area contributed by atoms with Gasteiger partial charge in [-0.1, -0.05) is 20.8 Å². The van der Waals surface area contributed by atoms with E-state index in [-0.39, 0.29) is 24.0 Å². The molecule has 0 aromatic carbocycles. The molecular weight excluding hydrogens is 313 g/mol. The Balaban J connectivity index is 0. The lowest BCUT2D eigenvalue weighted by Gasteiger charge is -2.22. The highest BCUT2D eigenvalue weighted by Crippen LogP contribution is 2.21. The van der Waals surface area contributed by atoms with E-state index in [1.807, 2.05) is 7.05 Å². The van der Waals surface area contributed by atoms with Crippen LogP contribution in [-0.4, -0.2) is 25.6 Å². The summed E-state index contributed by atoms with van der Waals surface area (Å²) in [5, 5.41) is 6.58. The van der Waals surface area contributed by atoms with E-state index in [4.69, 9.17) is 0 Å². The number of nitrogens with zero attached hydrogens (tertiary/aromatic N) is 1. The highest BCUT2D eigenvalue weighted by atomic mass is 127. The van der Waals surface area contributed by atoms with E-state index < -0.39 is 0 Å². The molecule has 0 saturated carbocycles. The fourth-order valence-corrected chi connectivity index (χ4v) is 1.32. The zero-order valence-corrected chi connectivity index (χ0v) is 13.9. The number of halogens is 1. The number of hydrogen-bond donors (Lipinski definition) is 2. The predicted octanol–water partition coefficient (Wildman–Crippen LogP) is 3.00. The van der Waals surface area contributed by atoms with Gasteiger partial charge in [0.25, 0.3) is 0 Å². The van der Waals surface area contributed by atoms with Crippen LogP contribution in [0.25, 0.3) is 0 Å². The summed E-state index contributed by atoms with van der Waals surface area (Å²) in [5.74, 6) is 0.902. The molecule has 1 unspecified atom stereocenters. The van der Waals surface area contributed by atoms with Crippen molar-refractivity contribution in [3.8, 4) is 0 Å². The minimum Gasteiger partial charge on any atom is -0.357 e. The Bertz CT molecular complexity index is 197. The summed E-state index contributed by atoms with van der Waals surface area (Å²) in [6.07, 6.45) is 2.40. The lowest BCUT2D eigenvalue weighted by Crippen LogP contribution is -2.42. The molecule has 3 nitrogen and oxygen atoms in total. The van der Waals surface area contributed by atoms with E-state index in [1.54, 1.807) is 0 Å². The molecule has 1 atom stereocenters. The van der Waals surface area contributed by atoms with Gasteiger partial charge in [0.1, 0.15) is 0 Å². The molecule has 0 spiro atoms. The molecule has 0 aliphatic heterocycles. The van der Waals surface area contributed by atoms with Crippen molar-refractivity contribution in [2.45, 2.75) is 53.5 Å². The minimum absolute atomic E-state index is 0. The molecule has 0 heterocycles. The van der Waals surface area contributed by atoms with Crippen molar-refractivity contribution in [2.24, 2.45) is 10.4 Å². The fraction of sp³-hybridized carbons (Fsp3) is 0.917. The summed E-state index contributed by atoms with van der Waals surface area (Å²) in [5.41, 5.74) is 0.414. The third-order valence-corrected chi connectivity index (χ3v) is 2.28. The van der Waals surface area contributed by atoms with Crippen LogP contribution in [0.3, 0.4) is 0 Å². The van der Waals surface area contributed by atoms with Gasteiger partial charge in [0.05, 0.1) is 0 Å². The van der Waals surface area contributed by atoms with Crippen LogP contribution in [0.15, 0.2) is 4.99 Å². The first-order valence-electron chi connectivity index (χ1n) is 5.86. The van der Waals surface area contributed by atoms with Crippen LogP contribution in [0.5, 0.6) is 0 Å². The molecule has 0 amide bonds. The van der Waals surface area contributed by atoms with Crippen molar-refractivity contribution < 1.29 is 0 Å². The van der Waals surface area contributed by atoms with Gasteiger partial charge in [-0.25, -0.2) is 0 Å². The normalized spacial score (nSPS) is 14.0. The first-order valence-corrected chi connectivity index (χ1v) is 5.86. The number of aliphatic imine (C=N–C) groups is 1. The first kappa shape index (κ1) is 18.4. The van der Waals surface area contributed by atoms with E-state index in [9.17, 15) is 0 Å². The first-order chi connectivity index (χ1) is 6.89. The van der Waals surface area contributed by atoms with Gasteiger partial charge in [0.15, 0.2) is 5.96 Å². The molecule has 0 fully saturated rings. The molecule has 2 N–H and O–H groups in total. The Kier molecular flexibility index (Phi) is 10.4. The zero-order valence-electron chi connectivity index (χ0n) is 11.6. The molecule has 0 radical (unpaired) electrons. The third kappa shape index (κ3) is 10.5. The maximum Gasteiger partial charge on any atom is 0.191 e. The van der Waals surface area contributed by atoms with Crippen molar-refractivity contribution in [3.63, 3.8) is 0 Å². The molecule has 0 rings (SSSR count). The second-order valence-corrected chi connectivity index (χ2v) is 5.25. The Morgan fingerprint density at radius 1 is 1.31 bits per heavy atom. The zero-order chi connectivity index (χ0) is 11.9. The molecule has 0 aromatic rings. The number of rotatable bonds is 4. The Hall–Kier alpha value is 0. The van der Waals surface area contributed by atoms with Crippen molar-refractivity contribution in [1.29, 1.82) is 0 Å². The van der Waals surface area contributed by atoms with Crippen molar-refractivity contribution in [1.82, 2.24) is 10.6 Å². The van der Waals surface area contributed by atoms with E-state index >= 15 is 0 Å². The molecule has 4 heteroatoms. The van der Waals surface area contributed by atoms with Crippen LogP contribution in [0.1, 0.15) is 47.5 Å². The summed E-state index contributed by atoms with van der Waals surface area (Å²) in [7, 11) is 1.81. The van der Waals surface area contributed by atoms with Gasteiger partial charge in [-0.3, -0.25) is 4.99 Å². The van der Waals surface area contributed by atoms with Crippen LogP contribution in [-0.2, 0) is 0 Å². The van der Waals surface area contributed by atoms with Crippen molar-refractivity contribution >= 4 is 29.9 Å². The Morgan fingerprint density at radius 2 is 1.88 bits per heavy atom. The SMILES string of the molecule is CCNC(=NC)NC(C)CCC(C)(C)C.I. The van der Waals surface area contributed by atoms with Gasteiger partial charge in [0.2, 0.25) is 0 Å². The molecular formula is C12H28IN3. The maximum atomic E-state index is 4.16. The van der Waals surface area contributed by atoms with Gasteiger partial charge >= 0.3 is 0 Å². The standard InChI is InChI=1S/C12H27N3.HI/c1-7-14-11(13-6)15-10(2)8-9-12(3,4)5;/h10H,7-9H2,1-6H3,(H2,13,14,15);1H. The van der Waals surface area contributed by atoms with Gasteiger partial charge in [-0.2, -0.15) is 0 Å². The summed E-state index contributed by atoms with van der Waals surface area (Å²) in [4.78, 5) is 4.16. The van der Waals surface area contributed by atoms with E-state index in [1.165, 1.54) is 12.8 Å². The van der Waals surface area contributed by atoms with E-state index in [2.05, 4.69) is 50.2 Å². The molecule has 0 bridgehead atoms. The average molecular weight is 341 g/mol. The van der Waals surface area contributed by atoms with E-state index in [0.29, 0.717) is 11.5 Å². The third-order valence-electron chi connectivity index (χ3n) is 2.28. The predicted molar refractivity (Wildman–Crippen MR) is 83.7 cm³/mol. The summed E-state index contributed by atoms with van der Waals surface area (Å²) >= 11 is 0. The smallest absolute Gasteiger partial charge is 0.191 e. The van der Waals surface area contributed by atoms with Crippen LogP contribution in [0, 0.1) is 5.41 Å². The van der Waals surface area contributed by atoms with Gasteiger partial charge < -0.3 is 10.6 Å². The molecule has 0 aliphatic carbocycles. The lowest BCUT2D eigenvalue weighted by atomic mass is 9.89. The maximum absolute atomic E-state index is 4.16. The second-order valence-electron chi connectivity index (χ2n) is 5.25. The molecule has 98 valence electrons.